The molecular formula is C33H39N3O6. The summed E-state index contributed by atoms with van der Waals surface area (Å²) >= 11 is 0. The van der Waals surface area contributed by atoms with Gasteiger partial charge in [-0.1, -0.05) is 74.5 Å². The summed E-state index contributed by atoms with van der Waals surface area (Å²) in [5.74, 6) is -2.53. The van der Waals surface area contributed by atoms with Crippen molar-refractivity contribution in [3.05, 3.63) is 84.9 Å². The summed E-state index contributed by atoms with van der Waals surface area (Å²) in [4.78, 5) is 52.8. The van der Waals surface area contributed by atoms with Crippen LogP contribution in [0.25, 0.3) is 11.1 Å². The van der Waals surface area contributed by atoms with Crippen molar-refractivity contribution in [2.24, 2.45) is 5.92 Å². The van der Waals surface area contributed by atoms with Crippen LogP contribution in [0.2, 0.25) is 0 Å². The second-order valence-electron chi connectivity index (χ2n) is 10.5. The highest BCUT2D eigenvalue weighted by molar-refractivity contribution is 6.02. The molecule has 222 valence electrons. The molecule has 0 fully saturated rings. The van der Waals surface area contributed by atoms with Crippen LogP contribution in [0, 0.1) is 5.92 Å². The van der Waals surface area contributed by atoms with E-state index in [0.29, 0.717) is 17.8 Å². The number of carboxylic acids is 1. The predicted molar refractivity (Wildman–Crippen MR) is 163 cm³/mol. The van der Waals surface area contributed by atoms with Crippen LogP contribution in [-0.2, 0) is 23.9 Å². The third-order valence-corrected chi connectivity index (χ3v) is 6.85. The number of rotatable bonds is 14. The number of carbonyl (C=O) groups is 4. The summed E-state index contributed by atoms with van der Waals surface area (Å²) in [6.07, 6.45) is 0.404. The molecule has 3 N–H and O–H groups in total. The number of ether oxygens (including phenoxy) is 1. The molecule has 3 aromatic rings. The van der Waals surface area contributed by atoms with Crippen molar-refractivity contribution in [1.82, 2.24) is 5.32 Å². The van der Waals surface area contributed by atoms with Gasteiger partial charge in [0.05, 0.1) is 13.2 Å². The monoisotopic (exact) mass is 573 g/mol. The highest BCUT2D eigenvalue weighted by atomic mass is 16.5. The molecule has 2 amide bonds. The molecule has 0 saturated carbocycles. The molecule has 0 aliphatic rings. The Kier molecular flexibility index (Phi) is 11.8. The lowest BCUT2D eigenvalue weighted by Crippen LogP contribution is -2.56. The summed E-state index contributed by atoms with van der Waals surface area (Å²) in [5.41, 5.74) is 2.97. The van der Waals surface area contributed by atoms with Gasteiger partial charge in [-0.05, 0) is 61.1 Å². The van der Waals surface area contributed by atoms with Crippen LogP contribution in [0.1, 0.15) is 40.0 Å². The van der Waals surface area contributed by atoms with E-state index < -0.39 is 36.0 Å². The van der Waals surface area contributed by atoms with Crippen LogP contribution in [0.4, 0.5) is 11.4 Å². The number of amides is 2. The molecule has 0 unspecified atom stereocenters. The molecule has 0 aliphatic heterocycles. The quantitative estimate of drug-likeness (QED) is 0.229. The zero-order chi connectivity index (χ0) is 30.6. The Labute approximate surface area is 246 Å². The summed E-state index contributed by atoms with van der Waals surface area (Å²) in [6.45, 7) is 5.31. The van der Waals surface area contributed by atoms with Crippen molar-refractivity contribution in [2.45, 2.75) is 58.2 Å². The number of hydrogen-bond acceptors (Lipinski definition) is 6. The zero-order valence-corrected chi connectivity index (χ0v) is 24.4. The van der Waals surface area contributed by atoms with E-state index in [-0.39, 0.29) is 24.7 Å². The minimum absolute atomic E-state index is 0.000438. The number of nitrogens with zero attached hydrogens (tertiary/aromatic N) is 1. The number of nitrogens with one attached hydrogen (secondary N) is 2. The minimum Gasteiger partial charge on any atom is -0.480 e. The molecule has 9 nitrogen and oxygen atoms in total. The average Bonchev–Trinajstić information content (AvgIpc) is 2.99. The molecule has 0 heterocycles. The smallest absolute Gasteiger partial charge is 0.326 e. The van der Waals surface area contributed by atoms with Crippen LogP contribution in [-0.4, -0.2) is 54.1 Å². The molecule has 9 heteroatoms. The third kappa shape index (κ3) is 9.01. The Bertz CT molecular complexity index is 1330. The molecule has 0 aromatic heterocycles. The maximum absolute atomic E-state index is 14.1. The maximum Gasteiger partial charge on any atom is 0.326 e. The van der Waals surface area contributed by atoms with Gasteiger partial charge < -0.3 is 15.2 Å². The first kappa shape index (κ1) is 32.0. The largest absolute Gasteiger partial charge is 0.480 e. The predicted octanol–water partition coefficient (Wildman–Crippen LogP) is 5.12. The second kappa shape index (κ2) is 15.5. The first-order valence-corrected chi connectivity index (χ1v) is 14.0. The van der Waals surface area contributed by atoms with Crippen molar-refractivity contribution < 1.29 is 29.0 Å². The molecule has 42 heavy (non-hydrogen) atoms. The molecule has 0 aliphatic carbocycles. The van der Waals surface area contributed by atoms with Crippen LogP contribution >= 0.6 is 0 Å². The number of carbonyl (C=O) groups excluding carboxylic acids is 3. The number of para-hydroxylation sites is 1. The molecule has 3 aromatic carbocycles. The first-order chi connectivity index (χ1) is 20.1. The zero-order valence-electron chi connectivity index (χ0n) is 24.4. The summed E-state index contributed by atoms with van der Waals surface area (Å²) in [5, 5.41) is 15.8. The van der Waals surface area contributed by atoms with Gasteiger partial charge in [0.15, 0.2) is 0 Å². The molecule has 3 atom stereocenters. The number of carboxylic acid groups (broad SMARTS) is 1. The highest BCUT2D eigenvalue weighted by Crippen LogP contribution is 2.26. The van der Waals surface area contributed by atoms with Crippen molar-refractivity contribution in [3.63, 3.8) is 0 Å². The lowest BCUT2D eigenvalue weighted by molar-refractivity contribution is -0.144. The number of methoxy groups -OCH3 is 1. The van der Waals surface area contributed by atoms with E-state index in [2.05, 4.69) is 10.6 Å². The van der Waals surface area contributed by atoms with Gasteiger partial charge in [0, 0.05) is 17.8 Å². The van der Waals surface area contributed by atoms with E-state index in [1.807, 2.05) is 62.4 Å². The van der Waals surface area contributed by atoms with Gasteiger partial charge >= 0.3 is 11.9 Å². The molecular weight excluding hydrogens is 534 g/mol. The molecule has 0 radical (unpaired) electrons. The topological polar surface area (TPSA) is 125 Å². The Morgan fingerprint density at radius 2 is 1.38 bits per heavy atom. The molecule has 3 rings (SSSR count). The molecule has 0 bridgehead atoms. The average molecular weight is 574 g/mol. The fourth-order valence-electron chi connectivity index (χ4n) is 4.65. The van der Waals surface area contributed by atoms with Crippen LogP contribution < -0.4 is 15.5 Å². The third-order valence-electron chi connectivity index (χ3n) is 6.85. The lowest BCUT2D eigenvalue weighted by atomic mass is 9.99. The highest BCUT2D eigenvalue weighted by Gasteiger charge is 2.35. The fourth-order valence-corrected chi connectivity index (χ4v) is 4.65. The Morgan fingerprint density at radius 1 is 0.810 bits per heavy atom. The number of anilines is 2. The van der Waals surface area contributed by atoms with Crippen LogP contribution in [0.5, 0.6) is 0 Å². The Hall–Kier alpha value is -4.50. The van der Waals surface area contributed by atoms with E-state index >= 15 is 0 Å². The minimum atomic E-state index is -1.18. The van der Waals surface area contributed by atoms with Crippen molar-refractivity contribution in [1.29, 1.82) is 0 Å². The van der Waals surface area contributed by atoms with Crippen molar-refractivity contribution in [2.75, 3.05) is 17.3 Å². The van der Waals surface area contributed by atoms with Crippen molar-refractivity contribution in [3.8, 4) is 11.1 Å². The van der Waals surface area contributed by atoms with E-state index in [1.165, 1.54) is 18.9 Å². The van der Waals surface area contributed by atoms with E-state index in [9.17, 15) is 24.3 Å². The van der Waals surface area contributed by atoms with Crippen molar-refractivity contribution >= 4 is 35.1 Å². The summed E-state index contributed by atoms with van der Waals surface area (Å²) in [7, 11) is 1.24. The van der Waals surface area contributed by atoms with Crippen LogP contribution in [0.3, 0.4) is 0 Å². The van der Waals surface area contributed by atoms with E-state index in [1.54, 1.807) is 36.4 Å². The van der Waals surface area contributed by atoms with Gasteiger partial charge in [0.2, 0.25) is 11.8 Å². The van der Waals surface area contributed by atoms with Gasteiger partial charge in [0.1, 0.15) is 12.1 Å². The molecule has 0 saturated heterocycles. The second-order valence-corrected chi connectivity index (χ2v) is 10.5. The van der Waals surface area contributed by atoms with Gasteiger partial charge in [0.25, 0.3) is 0 Å². The lowest BCUT2D eigenvalue weighted by Gasteiger charge is -2.33. The van der Waals surface area contributed by atoms with E-state index in [0.717, 1.165) is 11.1 Å². The number of esters is 1. The Morgan fingerprint density at radius 3 is 1.93 bits per heavy atom. The fraction of sp³-hybridized carbons (Fsp3) is 0.333. The van der Waals surface area contributed by atoms with Gasteiger partial charge in [-0.3, -0.25) is 24.6 Å². The first-order valence-electron chi connectivity index (χ1n) is 14.0. The normalized spacial score (nSPS) is 13.1. The number of benzene rings is 3. The molecule has 0 spiro atoms. The number of hydrogen-bond donors (Lipinski definition) is 3. The number of aliphatic carboxylic acids is 1. The van der Waals surface area contributed by atoms with Gasteiger partial charge in [-0.15, -0.1) is 0 Å². The summed E-state index contributed by atoms with van der Waals surface area (Å²) in [6, 6.07) is 22.7. The SMILES string of the molecule is COC(=O)[C@H](CCC(=O)Nc1ccccc1)N[C@@H](CC(C)C)C(=O)N(c1ccc(-c2ccccc2)cc1)[C@@H](C)C(=O)O. The van der Waals surface area contributed by atoms with E-state index in [4.69, 9.17) is 4.74 Å². The van der Waals surface area contributed by atoms with Gasteiger partial charge in [-0.2, -0.15) is 0 Å². The summed E-state index contributed by atoms with van der Waals surface area (Å²) < 4.78 is 4.98. The van der Waals surface area contributed by atoms with Crippen LogP contribution in [0.15, 0.2) is 84.9 Å². The Balaban J connectivity index is 1.85. The standard InChI is InChI=1S/C33H39N3O6/c1-22(2)21-29(35-28(33(41)42-4)19-20-30(37)34-26-13-9-6-10-14-26)31(38)36(23(3)32(39)40)27-17-15-25(16-18-27)24-11-7-5-8-12-24/h5-18,22-23,28-29,35H,19-21H2,1-4H3,(H,34,37)(H,39,40)/t23-,28-,29-/m0/s1. The maximum atomic E-state index is 14.1. The van der Waals surface area contributed by atoms with Gasteiger partial charge in [-0.25, -0.2) is 4.79 Å².